The van der Waals surface area contributed by atoms with E-state index in [1.807, 2.05) is 12.1 Å². The van der Waals surface area contributed by atoms with Crippen molar-refractivity contribution < 1.29 is 25.2 Å². The van der Waals surface area contributed by atoms with Crippen LogP contribution in [-0.4, -0.2) is 38.2 Å². The number of nitrogens with one attached hydrogen (secondary N) is 2. The zero-order valence-corrected chi connectivity index (χ0v) is 20.8. The van der Waals surface area contributed by atoms with Gasteiger partial charge in [-0.15, -0.1) is 17.9 Å². The van der Waals surface area contributed by atoms with Crippen LogP contribution in [0.4, 0.5) is 25.2 Å². The summed E-state index contributed by atoms with van der Waals surface area (Å²) in [5, 5.41) is 10.9. The summed E-state index contributed by atoms with van der Waals surface area (Å²) in [5.74, 6) is 4.21. The Kier molecular flexibility index (Phi) is 12.5. The number of halogens is 6. The fourth-order valence-corrected chi connectivity index (χ4v) is 3.76. The van der Waals surface area contributed by atoms with Gasteiger partial charge in [-0.2, -0.15) is 5.11 Å². The molecule has 0 aromatic heterocycles. The molecule has 2 aliphatic carbocycles. The van der Waals surface area contributed by atoms with Gasteiger partial charge in [-0.1, -0.05) is 43.7 Å². The summed E-state index contributed by atoms with van der Waals surface area (Å²) >= 11 is 0. The summed E-state index contributed by atoms with van der Waals surface area (Å²) < 4.78 is 59.2. The first-order valence-corrected chi connectivity index (χ1v) is 13.0. The second-order valence-electron chi connectivity index (χ2n) is 8.14. The summed E-state index contributed by atoms with van der Waals surface area (Å²) in [7, 11) is -3.20. The van der Waals surface area contributed by atoms with Crippen LogP contribution in [0.15, 0.2) is 22.2 Å². The van der Waals surface area contributed by atoms with Gasteiger partial charge in [0.25, 0.3) is 0 Å². The fraction of sp³-hybridized carbons (Fsp3) is 0.800. The van der Waals surface area contributed by atoms with Crippen LogP contribution in [0.5, 0.6) is 0 Å². The van der Waals surface area contributed by atoms with Gasteiger partial charge in [-0.3, -0.25) is 15.4 Å². The van der Waals surface area contributed by atoms with Crippen molar-refractivity contribution in [1.82, 2.24) is 21.0 Å². The zero-order valence-electron chi connectivity index (χ0n) is 19.9. The molecular weight excluding hydrogens is 469 g/mol. The molecule has 0 spiro atoms. The van der Waals surface area contributed by atoms with Gasteiger partial charge in [0.15, 0.2) is 0 Å². The number of terminal acetylenes is 1. The molecule has 0 atom stereocenters. The van der Waals surface area contributed by atoms with E-state index in [-0.39, 0.29) is 0 Å². The van der Waals surface area contributed by atoms with Crippen molar-refractivity contribution in [3.05, 3.63) is 11.9 Å². The molecule has 2 N–H and O–H groups in total. The van der Waals surface area contributed by atoms with Crippen LogP contribution >= 0.6 is 7.81 Å². The van der Waals surface area contributed by atoms with E-state index in [2.05, 4.69) is 45.5 Å². The first kappa shape index (κ1) is 31.3. The number of hydrazine groups is 2. The predicted molar refractivity (Wildman–Crippen MR) is 122 cm³/mol. The summed E-state index contributed by atoms with van der Waals surface area (Å²) in [5.41, 5.74) is 7.17. The Labute approximate surface area is 193 Å². The molecule has 3 aliphatic rings. The normalized spacial score (nSPS) is 21.7. The van der Waals surface area contributed by atoms with Crippen LogP contribution < -0.4 is 11.0 Å². The Hall–Kier alpha value is -1.73. The molecular formula is C20H38F6N6P-. The van der Waals surface area contributed by atoms with Gasteiger partial charge in [0.05, 0.1) is 12.7 Å². The van der Waals surface area contributed by atoms with E-state index in [9.17, 15) is 25.2 Å². The summed E-state index contributed by atoms with van der Waals surface area (Å²) in [6, 6.07) is 0. The van der Waals surface area contributed by atoms with Crippen molar-refractivity contribution in [2.45, 2.75) is 64.2 Å². The molecule has 33 heavy (non-hydrogen) atoms. The molecule has 0 amide bonds. The molecule has 1 heterocycles. The Bertz CT molecular complexity index is 638. The third kappa shape index (κ3) is 20.6. The minimum absolute atomic E-state index is 0.615. The van der Waals surface area contributed by atoms with Gasteiger partial charge >= 0.3 is 33.0 Å². The van der Waals surface area contributed by atoms with Crippen LogP contribution in [0, 0.1) is 24.2 Å². The average Bonchev–Trinajstić information content (AvgIpc) is 3.06. The molecule has 2 saturated carbocycles. The molecule has 0 saturated heterocycles. The Morgan fingerprint density at radius 3 is 1.70 bits per heavy atom. The third-order valence-electron chi connectivity index (χ3n) is 5.09. The van der Waals surface area contributed by atoms with Crippen molar-refractivity contribution in [3.8, 4) is 12.3 Å². The van der Waals surface area contributed by atoms with Gasteiger partial charge in [0.2, 0.25) is 0 Å². The number of nitrogens with zero attached hydrogens (tertiary/aromatic N) is 4. The van der Waals surface area contributed by atoms with Crippen LogP contribution in [0.1, 0.15) is 64.2 Å². The maximum absolute atomic E-state index is 10.7. The molecule has 0 aromatic rings. The van der Waals surface area contributed by atoms with Gasteiger partial charge in [-0.05, 0) is 25.7 Å². The number of rotatable bonds is 2. The average molecular weight is 508 g/mol. The first-order valence-electron chi connectivity index (χ1n) is 11.0. The fourth-order valence-electron chi connectivity index (χ4n) is 3.76. The van der Waals surface area contributed by atoms with Gasteiger partial charge < -0.3 is 0 Å². The topological polar surface area (TPSA) is 55.3 Å². The van der Waals surface area contributed by atoms with Crippen LogP contribution in [0.25, 0.3) is 0 Å². The Balaban J connectivity index is 0.000000446. The second-order valence-corrected chi connectivity index (χ2v) is 10.1. The van der Waals surface area contributed by atoms with Gasteiger partial charge in [0, 0.05) is 39.2 Å². The van der Waals surface area contributed by atoms with Gasteiger partial charge in [-0.25, -0.2) is 0 Å². The van der Waals surface area contributed by atoms with E-state index in [4.69, 9.17) is 6.42 Å². The summed E-state index contributed by atoms with van der Waals surface area (Å²) in [6.45, 7) is 0. The molecule has 0 bridgehead atoms. The molecule has 0 unspecified atom stereocenters. The molecule has 2 fully saturated rings. The Morgan fingerprint density at radius 2 is 1.42 bits per heavy atom. The standard InChI is InChI=1S/C10H19N3.C8H12.C2H7N3.F6P/c1-12-8-10(13(2)11-12)9-6-4-3-5-7-9;1-2-8-6-4-3-5-7-8;1-3-5-4-2;1-7(2,3,4,5)6/h8-9,11H,3-7H2,1-2H3;1,8H,3-7H2;1-2H3,(H,3,4);/q;;;-1. The Morgan fingerprint density at radius 1 is 0.970 bits per heavy atom. The molecule has 13 heteroatoms. The summed E-state index contributed by atoms with van der Waals surface area (Å²) in [4.78, 5) is 0. The van der Waals surface area contributed by atoms with E-state index in [1.165, 1.54) is 69.9 Å². The monoisotopic (exact) mass is 507 g/mol. The van der Waals surface area contributed by atoms with E-state index in [1.54, 1.807) is 14.1 Å². The van der Waals surface area contributed by atoms with Crippen molar-refractivity contribution in [1.29, 1.82) is 0 Å². The van der Waals surface area contributed by atoms with Crippen molar-refractivity contribution >= 4 is 7.81 Å². The van der Waals surface area contributed by atoms with Crippen LogP contribution in [0.2, 0.25) is 0 Å². The van der Waals surface area contributed by atoms with E-state index in [0.717, 1.165) is 5.92 Å². The SMILES string of the molecule is C#CC1CCCCC1.CN1C=C(C2CCCCC2)N(C)N1.CN=NNC.F[P-](F)(F)(F)(F)F. The molecule has 0 aromatic carbocycles. The second kappa shape index (κ2) is 13.2. The minimum atomic E-state index is -10.7. The molecule has 6 nitrogen and oxygen atoms in total. The van der Waals surface area contributed by atoms with E-state index >= 15 is 0 Å². The predicted octanol–water partition coefficient (Wildman–Crippen LogP) is 7.49. The first-order chi connectivity index (χ1) is 15.1. The molecule has 1 aliphatic heterocycles. The summed E-state index contributed by atoms with van der Waals surface area (Å²) in [6.07, 6.45) is 21.1. The van der Waals surface area contributed by atoms with E-state index < -0.39 is 7.81 Å². The molecule has 196 valence electrons. The molecule has 0 radical (unpaired) electrons. The van der Waals surface area contributed by atoms with Crippen molar-refractivity contribution in [2.75, 3.05) is 28.2 Å². The zero-order chi connectivity index (χ0) is 25.6. The number of hydrogen-bond donors (Lipinski definition) is 2. The van der Waals surface area contributed by atoms with Crippen molar-refractivity contribution in [2.24, 2.45) is 22.2 Å². The maximum atomic E-state index is 9.87. The number of allylic oxidation sites excluding steroid dienone is 1. The van der Waals surface area contributed by atoms with E-state index in [0.29, 0.717) is 5.92 Å². The van der Waals surface area contributed by atoms with Crippen LogP contribution in [0.3, 0.4) is 0 Å². The quantitative estimate of drug-likeness (QED) is 0.134. The number of hydrogen-bond acceptors (Lipinski definition) is 5. The van der Waals surface area contributed by atoms with Crippen LogP contribution in [-0.2, 0) is 0 Å². The third-order valence-corrected chi connectivity index (χ3v) is 5.09. The molecule has 3 rings (SSSR count). The van der Waals surface area contributed by atoms with Crippen molar-refractivity contribution in [3.63, 3.8) is 0 Å². The van der Waals surface area contributed by atoms with Gasteiger partial charge in [0.1, 0.15) is 0 Å².